The molecule has 0 fully saturated rings. The Morgan fingerprint density at radius 3 is 2.73 bits per heavy atom. The van der Waals surface area contributed by atoms with Crippen LogP contribution in [0.3, 0.4) is 0 Å². The molecule has 5 heteroatoms. The van der Waals surface area contributed by atoms with E-state index < -0.39 is 0 Å². The molecule has 0 radical (unpaired) electrons. The molecule has 0 atom stereocenters. The average Bonchev–Trinajstić information content (AvgIpc) is 2.46. The quantitative estimate of drug-likeness (QED) is 0.825. The molecule has 0 bridgehead atoms. The lowest BCUT2D eigenvalue weighted by Crippen LogP contribution is -2.08. The summed E-state index contributed by atoms with van der Waals surface area (Å²) >= 11 is 1.33. The molecule has 15 heavy (non-hydrogen) atoms. The topological polar surface area (TPSA) is 71.1 Å². The number of rotatable bonds is 4. The monoisotopic (exact) mass is 225 g/mol. The van der Waals surface area contributed by atoms with Gasteiger partial charge in [0.1, 0.15) is 21.6 Å². The molecule has 0 saturated carbocycles. The Balaban J connectivity index is 3.08. The number of hydrogen-bond donors (Lipinski definition) is 2. The molecule has 0 aliphatic carbocycles. The van der Waals surface area contributed by atoms with Crippen LogP contribution in [0.5, 0.6) is 5.75 Å². The normalized spacial score (nSPS) is 10.1. The van der Waals surface area contributed by atoms with Gasteiger partial charge in [0.2, 0.25) is 0 Å². The van der Waals surface area contributed by atoms with E-state index in [1.807, 2.05) is 20.8 Å². The number of thiophene rings is 1. The van der Waals surface area contributed by atoms with Crippen molar-refractivity contribution in [3.05, 3.63) is 4.88 Å². The molecule has 1 aromatic heterocycles. The van der Waals surface area contributed by atoms with E-state index in [-0.39, 0.29) is 6.10 Å². The maximum atomic E-state index is 8.86. The fourth-order valence-electron chi connectivity index (χ4n) is 1.14. The molecule has 0 aliphatic rings. The van der Waals surface area contributed by atoms with Crippen molar-refractivity contribution in [2.75, 3.05) is 17.6 Å². The van der Waals surface area contributed by atoms with Crippen LogP contribution in [0.2, 0.25) is 0 Å². The molecule has 3 N–H and O–H groups in total. The summed E-state index contributed by atoms with van der Waals surface area (Å²) in [6.45, 7) is 6.62. The minimum Gasteiger partial charge on any atom is -0.486 e. The second kappa shape index (κ2) is 4.89. The fourth-order valence-corrected chi connectivity index (χ4v) is 2.06. The summed E-state index contributed by atoms with van der Waals surface area (Å²) < 4.78 is 5.58. The SMILES string of the molecule is CCNc1sc(C#N)c(N)c1OC(C)C. The van der Waals surface area contributed by atoms with Crippen LogP contribution in [0.15, 0.2) is 0 Å². The van der Waals surface area contributed by atoms with Gasteiger partial charge in [-0.25, -0.2) is 0 Å². The van der Waals surface area contributed by atoms with Gasteiger partial charge in [-0.1, -0.05) is 0 Å². The first-order valence-electron chi connectivity index (χ1n) is 4.83. The van der Waals surface area contributed by atoms with Gasteiger partial charge in [-0.15, -0.1) is 11.3 Å². The van der Waals surface area contributed by atoms with E-state index >= 15 is 0 Å². The molecular weight excluding hydrogens is 210 g/mol. The lowest BCUT2D eigenvalue weighted by atomic mass is 10.3. The van der Waals surface area contributed by atoms with Gasteiger partial charge in [0.25, 0.3) is 0 Å². The van der Waals surface area contributed by atoms with Gasteiger partial charge >= 0.3 is 0 Å². The first-order valence-corrected chi connectivity index (χ1v) is 5.64. The average molecular weight is 225 g/mol. The highest BCUT2D eigenvalue weighted by Crippen LogP contribution is 2.42. The number of nitrogens with one attached hydrogen (secondary N) is 1. The molecule has 0 aliphatic heterocycles. The van der Waals surface area contributed by atoms with Crippen LogP contribution >= 0.6 is 11.3 Å². The van der Waals surface area contributed by atoms with Gasteiger partial charge in [-0.05, 0) is 20.8 Å². The van der Waals surface area contributed by atoms with Crippen molar-refractivity contribution in [3.63, 3.8) is 0 Å². The zero-order valence-electron chi connectivity index (χ0n) is 9.13. The highest BCUT2D eigenvalue weighted by molar-refractivity contribution is 7.17. The van der Waals surface area contributed by atoms with Crippen molar-refractivity contribution in [2.45, 2.75) is 26.9 Å². The Labute approximate surface area is 93.7 Å². The third kappa shape index (κ3) is 2.54. The Bertz CT molecular complexity index is 379. The van der Waals surface area contributed by atoms with E-state index in [1.54, 1.807) is 0 Å². The number of nitriles is 1. The maximum Gasteiger partial charge on any atom is 0.178 e. The van der Waals surface area contributed by atoms with Crippen LogP contribution in [0.25, 0.3) is 0 Å². The van der Waals surface area contributed by atoms with Crippen LogP contribution in [0.1, 0.15) is 25.6 Å². The van der Waals surface area contributed by atoms with Crippen LogP contribution in [0, 0.1) is 11.3 Å². The fraction of sp³-hybridized carbons (Fsp3) is 0.500. The number of nitrogen functional groups attached to an aromatic ring is 1. The number of hydrogen-bond acceptors (Lipinski definition) is 5. The molecule has 0 saturated heterocycles. The minimum atomic E-state index is 0.0471. The minimum absolute atomic E-state index is 0.0471. The Kier molecular flexibility index (Phi) is 3.81. The molecule has 0 amide bonds. The number of anilines is 2. The highest BCUT2D eigenvalue weighted by Gasteiger charge is 2.17. The second-order valence-electron chi connectivity index (χ2n) is 3.31. The first-order chi connectivity index (χ1) is 7.10. The Hall–Kier alpha value is -1.41. The lowest BCUT2D eigenvalue weighted by molar-refractivity contribution is 0.246. The third-order valence-electron chi connectivity index (χ3n) is 1.69. The summed E-state index contributed by atoms with van der Waals surface area (Å²) in [7, 11) is 0. The molecule has 1 heterocycles. The van der Waals surface area contributed by atoms with Crippen LogP contribution in [0.4, 0.5) is 10.7 Å². The van der Waals surface area contributed by atoms with E-state index in [1.165, 1.54) is 11.3 Å². The summed E-state index contributed by atoms with van der Waals surface area (Å²) in [4.78, 5) is 0.501. The summed E-state index contributed by atoms with van der Waals surface area (Å²) in [5.41, 5.74) is 6.25. The predicted octanol–water partition coefficient (Wildman–Crippen LogP) is 2.42. The largest absolute Gasteiger partial charge is 0.486 e. The van der Waals surface area contributed by atoms with Crippen LogP contribution in [-0.2, 0) is 0 Å². The van der Waals surface area contributed by atoms with Crippen molar-refractivity contribution in [1.82, 2.24) is 0 Å². The second-order valence-corrected chi connectivity index (χ2v) is 4.33. The van der Waals surface area contributed by atoms with E-state index in [4.69, 9.17) is 15.7 Å². The van der Waals surface area contributed by atoms with Crippen molar-refractivity contribution in [3.8, 4) is 11.8 Å². The predicted molar refractivity (Wildman–Crippen MR) is 63.4 cm³/mol. The van der Waals surface area contributed by atoms with E-state index in [0.29, 0.717) is 16.3 Å². The van der Waals surface area contributed by atoms with Gasteiger partial charge < -0.3 is 15.8 Å². The Morgan fingerprint density at radius 2 is 2.27 bits per heavy atom. The van der Waals surface area contributed by atoms with Crippen molar-refractivity contribution < 1.29 is 4.74 Å². The standard InChI is InChI=1S/C10H15N3OS/c1-4-13-10-9(14-6(2)3)8(12)7(5-11)15-10/h6,13H,4,12H2,1-3H3. The first kappa shape index (κ1) is 11.7. The highest BCUT2D eigenvalue weighted by atomic mass is 32.1. The van der Waals surface area contributed by atoms with E-state index in [9.17, 15) is 0 Å². The van der Waals surface area contributed by atoms with Crippen molar-refractivity contribution in [2.24, 2.45) is 0 Å². The summed E-state index contributed by atoms with van der Waals surface area (Å²) in [6, 6.07) is 2.06. The summed E-state index contributed by atoms with van der Waals surface area (Å²) in [5.74, 6) is 0.605. The summed E-state index contributed by atoms with van der Waals surface area (Å²) in [6.07, 6.45) is 0.0471. The van der Waals surface area contributed by atoms with Crippen molar-refractivity contribution in [1.29, 1.82) is 5.26 Å². The Morgan fingerprint density at radius 1 is 1.60 bits per heavy atom. The van der Waals surface area contributed by atoms with E-state index in [2.05, 4.69) is 11.4 Å². The molecule has 0 aromatic carbocycles. The molecule has 82 valence electrons. The summed E-state index contributed by atoms with van der Waals surface area (Å²) in [5, 5.41) is 12.8. The van der Waals surface area contributed by atoms with Crippen LogP contribution in [-0.4, -0.2) is 12.6 Å². The zero-order valence-corrected chi connectivity index (χ0v) is 9.94. The van der Waals surface area contributed by atoms with Gasteiger partial charge in [0, 0.05) is 6.54 Å². The van der Waals surface area contributed by atoms with Gasteiger partial charge in [-0.2, -0.15) is 5.26 Å². The van der Waals surface area contributed by atoms with E-state index in [0.717, 1.165) is 11.5 Å². The van der Waals surface area contributed by atoms with Gasteiger partial charge in [-0.3, -0.25) is 0 Å². The third-order valence-corrected chi connectivity index (χ3v) is 2.74. The maximum absolute atomic E-state index is 8.86. The zero-order chi connectivity index (χ0) is 11.4. The van der Waals surface area contributed by atoms with Crippen LogP contribution < -0.4 is 15.8 Å². The number of nitrogens with two attached hydrogens (primary N) is 1. The number of nitrogens with zero attached hydrogens (tertiary/aromatic N) is 1. The molecule has 4 nitrogen and oxygen atoms in total. The van der Waals surface area contributed by atoms with Gasteiger partial charge in [0.05, 0.1) is 6.10 Å². The van der Waals surface area contributed by atoms with Crippen molar-refractivity contribution >= 4 is 22.0 Å². The lowest BCUT2D eigenvalue weighted by Gasteiger charge is -2.11. The number of ether oxygens (including phenoxy) is 1. The molecule has 0 spiro atoms. The molecule has 0 unspecified atom stereocenters. The van der Waals surface area contributed by atoms with Gasteiger partial charge in [0.15, 0.2) is 5.75 Å². The smallest absolute Gasteiger partial charge is 0.178 e. The molecule has 1 rings (SSSR count). The molecule has 1 aromatic rings. The molecular formula is C10H15N3OS.